The molecule has 0 aliphatic carbocycles. The summed E-state index contributed by atoms with van der Waals surface area (Å²) in [6, 6.07) is 10.2. The van der Waals surface area contributed by atoms with Crippen molar-refractivity contribution in [1.82, 2.24) is 19.9 Å². The molecule has 1 atom stereocenters. The van der Waals surface area contributed by atoms with Crippen LogP contribution >= 0.6 is 0 Å². The second-order valence-corrected chi connectivity index (χ2v) is 7.54. The summed E-state index contributed by atoms with van der Waals surface area (Å²) in [5, 5.41) is 3.02. The van der Waals surface area contributed by atoms with Crippen LogP contribution in [0, 0.1) is 0 Å². The first-order valence-electron chi connectivity index (χ1n) is 10.7. The van der Waals surface area contributed by atoms with Crippen molar-refractivity contribution in [2.24, 2.45) is 0 Å². The molecule has 1 aliphatic heterocycles. The maximum Gasteiger partial charge on any atom is 0.240 e. The molecule has 0 saturated carbocycles. The summed E-state index contributed by atoms with van der Waals surface area (Å²) in [5.41, 5.74) is 3.84. The van der Waals surface area contributed by atoms with Gasteiger partial charge in [0.05, 0.1) is 6.10 Å². The van der Waals surface area contributed by atoms with Crippen molar-refractivity contribution in [1.29, 1.82) is 0 Å². The Morgan fingerprint density at radius 2 is 2.03 bits per heavy atom. The molecule has 7 nitrogen and oxygen atoms in total. The van der Waals surface area contributed by atoms with Crippen molar-refractivity contribution < 1.29 is 9.53 Å². The Labute approximate surface area is 177 Å². The van der Waals surface area contributed by atoms with Gasteiger partial charge in [-0.15, -0.1) is 0 Å². The highest BCUT2D eigenvalue weighted by Crippen LogP contribution is 2.33. The molecule has 0 bridgehead atoms. The van der Waals surface area contributed by atoms with Crippen LogP contribution < -0.4 is 10.2 Å². The van der Waals surface area contributed by atoms with Crippen molar-refractivity contribution in [3.8, 4) is 11.1 Å². The molecule has 3 aromatic rings. The van der Waals surface area contributed by atoms with Gasteiger partial charge in [-0.1, -0.05) is 30.3 Å². The molecule has 1 amide bonds. The van der Waals surface area contributed by atoms with E-state index in [2.05, 4.69) is 46.2 Å². The average molecular weight is 408 g/mol. The predicted octanol–water partition coefficient (Wildman–Crippen LogP) is 3.24. The van der Waals surface area contributed by atoms with Crippen LogP contribution in [-0.4, -0.2) is 52.8 Å². The van der Waals surface area contributed by atoms with Crippen LogP contribution in [0.1, 0.15) is 26.7 Å². The topological polar surface area (TPSA) is 72.3 Å². The van der Waals surface area contributed by atoms with E-state index in [0.29, 0.717) is 6.54 Å². The van der Waals surface area contributed by atoms with E-state index in [-0.39, 0.29) is 18.6 Å². The highest BCUT2D eigenvalue weighted by atomic mass is 16.5. The van der Waals surface area contributed by atoms with Crippen LogP contribution in [0.3, 0.4) is 0 Å². The lowest BCUT2D eigenvalue weighted by Gasteiger charge is -2.21. The van der Waals surface area contributed by atoms with Gasteiger partial charge < -0.3 is 19.5 Å². The van der Waals surface area contributed by atoms with E-state index in [0.717, 1.165) is 60.5 Å². The van der Waals surface area contributed by atoms with E-state index >= 15 is 0 Å². The molecule has 2 aromatic heterocycles. The van der Waals surface area contributed by atoms with E-state index in [1.165, 1.54) is 0 Å². The number of ether oxygens (including phenoxy) is 1. The van der Waals surface area contributed by atoms with E-state index in [4.69, 9.17) is 4.74 Å². The fraction of sp³-hybridized carbons (Fsp3) is 0.435. The van der Waals surface area contributed by atoms with Gasteiger partial charge in [-0.25, -0.2) is 9.97 Å². The number of benzene rings is 1. The zero-order valence-corrected chi connectivity index (χ0v) is 17.7. The molecule has 4 rings (SSSR count). The Balaban J connectivity index is 1.70. The smallest absolute Gasteiger partial charge is 0.240 e. The number of rotatable bonds is 8. The second kappa shape index (κ2) is 9.26. The fourth-order valence-corrected chi connectivity index (χ4v) is 4.06. The Morgan fingerprint density at radius 1 is 1.23 bits per heavy atom. The number of carbonyl (C=O) groups excluding carboxylic acids is 1. The van der Waals surface area contributed by atoms with Crippen molar-refractivity contribution in [2.45, 2.75) is 39.3 Å². The number of fused-ring (bicyclic) bond motifs is 1. The molecule has 1 aliphatic rings. The number of nitrogens with one attached hydrogen (secondary N) is 1. The van der Waals surface area contributed by atoms with Crippen LogP contribution in [-0.2, 0) is 16.1 Å². The van der Waals surface area contributed by atoms with E-state index in [1.54, 1.807) is 6.33 Å². The number of carbonyl (C=O) groups is 1. The maximum absolute atomic E-state index is 12.7. The average Bonchev–Trinajstić information content (AvgIpc) is 3.42. The Bertz CT molecular complexity index is 992. The summed E-state index contributed by atoms with van der Waals surface area (Å²) in [6.45, 7) is 7.45. The Kier molecular flexibility index (Phi) is 6.28. The fourth-order valence-electron chi connectivity index (χ4n) is 4.06. The van der Waals surface area contributed by atoms with E-state index in [9.17, 15) is 4.79 Å². The minimum atomic E-state index is -0.0311. The molecule has 158 valence electrons. The van der Waals surface area contributed by atoms with Crippen molar-refractivity contribution >= 4 is 22.8 Å². The van der Waals surface area contributed by atoms with Crippen LogP contribution in [0.15, 0.2) is 42.9 Å². The van der Waals surface area contributed by atoms with Crippen LogP contribution in [0.4, 0.5) is 5.82 Å². The van der Waals surface area contributed by atoms with Gasteiger partial charge in [0.25, 0.3) is 0 Å². The molecule has 1 saturated heterocycles. The quantitative estimate of drug-likeness (QED) is 0.621. The molecule has 30 heavy (non-hydrogen) atoms. The Morgan fingerprint density at radius 3 is 2.73 bits per heavy atom. The van der Waals surface area contributed by atoms with Crippen LogP contribution in [0.2, 0.25) is 0 Å². The van der Waals surface area contributed by atoms with Gasteiger partial charge in [0, 0.05) is 38.0 Å². The molecule has 1 aromatic carbocycles. The first-order chi connectivity index (χ1) is 14.7. The van der Waals surface area contributed by atoms with E-state index < -0.39 is 0 Å². The zero-order valence-electron chi connectivity index (χ0n) is 17.7. The van der Waals surface area contributed by atoms with Gasteiger partial charge >= 0.3 is 0 Å². The Hall–Kier alpha value is -2.93. The molecule has 1 N–H and O–H groups in total. The minimum absolute atomic E-state index is 0.0311. The van der Waals surface area contributed by atoms with Crippen molar-refractivity contribution in [3.05, 3.63) is 42.9 Å². The first-order valence-corrected chi connectivity index (χ1v) is 10.7. The lowest BCUT2D eigenvalue weighted by molar-refractivity contribution is -0.122. The molecule has 3 heterocycles. The maximum atomic E-state index is 12.7. The number of anilines is 1. The summed E-state index contributed by atoms with van der Waals surface area (Å²) < 4.78 is 7.60. The predicted molar refractivity (Wildman–Crippen MR) is 119 cm³/mol. The third kappa shape index (κ3) is 4.16. The number of aromatic nitrogens is 3. The highest BCUT2D eigenvalue weighted by molar-refractivity contribution is 5.99. The minimum Gasteiger partial charge on any atom is -0.376 e. The number of hydrogen-bond donors (Lipinski definition) is 1. The summed E-state index contributed by atoms with van der Waals surface area (Å²) in [5.74, 6) is 0.829. The SMILES string of the molecule is CCN(CC)c1ncnc2c(-c3ccccc3)cn(CC(=O)NCC3CCCO3)c12. The normalized spacial score (nSPS) is 16.1. The molecule has 0 radical (unpaired) electrons. The lowest BCUT2D eigenvalue weighted by atomic mass is 10.1. The van der Waals surface area contributed by atoms with Gasteiger partial charge in [-0.05, 0) is 32.3 Å². The van der Waals surface area contributed by atoms with Gasteiger partial charge in [0.2, 0.25) is 5.91 Å². The summed E-state index contributed by atoms with van der Waals surface area (Å²) >= 11 is 0. The third-order valence-electron chi connectivity index (χ3n) is 5.64. The third-order valence-corrected chi connectivity index (χ3v) is 5.64. The van der Waals surface area contributed by atoms with E-state index in [1.807, 2.05) is 29.0 Å². The highest BCUT2D eigenvalue weighted by Gasteiger charge is 2.21. The summed E-state index contributed by atoms with van der Waals surface area (Å²) in [4.78, 5) is 24.1. The number of amides is 1. The molecular formula is C23H29N5O2. The second-order valence-electron chi connectivity index (χ2n) is 7.54. The molecule has 1 fully saturated rings. The summed E-state index contributed by atoms with van der Waals surface area (Å²) in [6.07, 6.45) is 5.83. The first kappa shape index (κ1) is 20.3. The molecule has 7 heteroatoms. The van der Waals surface area contributed by atoms with Gasteiger partial charge in [-0.2, -0.15) is 0 Å². The van der Waals surface area contributed by atoms with Crippen LogP contribution in [0.25, 0.3) is 22.2 Å². The zero-order chi connectivity index (χ0) is 20.9. The number of nitrogens with zero attached hydrogens (tertiary/aromatic N) is 4. The van der Waals surface area contributed by atoms with Gasteiger partial charge in [0.1, 0.15) is 23.9 Å². The standard InChI is InChI=1S/C23H29N5O2/c1-3-27(4-2)23-22-21(25-16-26-23)19(17-9-6-5-7-10-17)14-28(22)15-20(29)24-13-18-11-8-12-30-18/h5-7,9-10,14,16,18H,3-4,8,11-13,15H2,1-2H3,(H,24,29). The van der Waals surface area contributed by atoms with Gasteiger partial charge in [-0.3, -0.25) is 4.79 Å². The molecular weight excluding hydrogens is 378 g/mol. The van der Waals surface area contributed by atoms with Gasteiger partial charge in [0.15, 0.2) is 5.82 Å². The lowest BCUT2D eigenvalue weighted by Crippen LogP contribution is -2.34. The largest absolute Gasteiger partial charge is 0.376 e. The monoisotopic (exact) mass is 407 g/mol. The summed E-state index contributed by atoms with van der Waals surface area (Å²) in [7, 11) is 0. The molecule has 1 unspecified atom stereocenters. The van der Waals surface area contributed by atoms with Crippen LogP contribution in [0.5, 0.6) is 0 Å². The van der Waals surface area contributed by atoms with Crippen molar-refractivity contribution in [2.75, 3.05) is 31.1 Å². The number of hydrogen-bond acceptors (Lipinski definition) is 5. The molecule has 0 spiro atoms. The van der Waals surface area contributed by atoms with Crippen molar-refractivity contribution in [3.63, 3.8) is 0 Å².